The second kappa shape index (κ2) is 5.38. The number of aromatic nitrogens is 2. The van der Waals surface area contributed by atoms with E-state index in [1.165, 1.54) is 4.57 Å². The van der Waals surface area contributed by atoms with E-state index in [-0.39, 0.29) is 33.8 Å². The Morgan fingerprint density at radius 2 is 2.44 bits per heavy atom. The molecule has 1 aromatic heterocycles. The molecule has 18 heavy (non-hydrogen) atoms. The molecule has 3 atom stereocenters. The summed E-state index contributed by atoms with van der Waals surface area (Å²) in [5, 5.41) is 18.7. The molecule has 100 valence electrons. The Morgan fingerprint density at radius 1 is 1.72 bits per heavy atom. The molecule has 0 spiro atoms. The average Bonchev–Trinajstić information content (AvgIpc) is 2.70. The van der Waals surface area contributed by atoms with Crippen LogP contribution < -0.4 is 15.9 Å². The van der Waals surface area contributed by atoms with Gasteiger partial charge in [-0.15, -0.1) is 0 Å². The van der Waals surface area contributed by atoms with Gasteiger partial charge in [0.05, 0.1) is 0 Å². The van der Waals surface area contributed by atoms with E-state index >= 15 is 0 Å². The normalized spacial score (nSPS) is 27.6. The number of ether oxygens (including phenoxy) is 1. The van der Waals surface area contributed by atoms with Crippen LogP contribution in [0.5, 0.6) is 0 Å². The fraction of sp³-hybridized carbons (Fsp3) is 0.600. The predicted octanol–water partition coefficient (Wildman–Crippen LogP) is -2.16. The molecule has 1 aliphatic rings. The number of hydrogen-bond donors (Lipinski definition) is 3. The monoisotopic (exact) mass is 321 g/mol. The third kappa shape index (κ3) is 2.43. The number of nitrogen functional groups attached to an aromatic ring is 1. The quantitative estimate of drug-likeness (QED) is 0.548. The van der Waals surface area contributed by atoms with E-state index in [9.17, 15) is 9.90 Å². The van der Waals surface area contributed by atoms with E-state index in [0.717, 1.165) is 4.46 Å². The summed E-state index contributed by atoms with van der Waals surface area (Å²) in [4.78, 5) is 15.5. The van der Waals surface area contributed by atoms with E-state index in [4.69, 9.17) is 15.6 Å². The van der Waals surface area contributed by atoms with Gasteiger partial charge in [-0.2, -0.15) is 0 Å². The van der Waals surface area contributed by atoms with Crippen LogP contribution in [0.3, 0.4) is 0 Å². The SMILES string of the molecule is C[Se]c1cn([C@H]2C[C@H](O)[C@@H](CO)O2)c(=O)nc1N. The third-order valence-electron chi connectivity index (χ3n) is 2.86. The summed E-state index contributed by atoms with van der Waals surface area (Å²) in [6, 6.07) is 0. The molecule has 1 aromatic rings. The molecular formula is C10H15N3O4Se. The summed E-state index contributed by atoms with van der Waals surface area (Å²) in [7, 11) is 0. The predicted molar refractivity (Wildman–Crippen MR) is 65.8 cm³/mol. The van der Waals surface area contributed by atoms with E-state index in [0.29, 0.717) is 0 Å². The Labute approximate surface area is 110 Å². The van der Waals surface area contributed by atoms with Crippen LogP contribution in [-0.4, -0.2) is 53.5 Å². The fourth-order valence-corrected chi connectivity index (χ4v) is 2.87. The molecule has 4 N–H and O–H groups in total. The van der Waals surface area contributed by atoms with Crippen LogP contribution in [0.25, 0.3) is 0 Å². The second-order valence-corrected chi connectivity index (χ2v) is 5.78. The van der Waals surface area contributed by atoms with E-state index < -0.39 is 24.1 Å². The summed E-state index contributed by atoms with van der Waals surface area (Å²) in [5.41, 5.74) is 5.14. The third-order valence-corrected chi connectivity index (χ3v) is 4.44. The first kappa shape index (κ1) is 13.5. The van der Waals surface area contributed by atoms with Gasteiger partial charge < -0.3 is 0 Å². The van der Waals surface area contributed by atoms with Crippen molar-refractivity contribution in [1.29, 1.82) is 0 Å². The summed E-state index contributed by atoms with van der Waals surface area (Å²) in [6.07, 6.45) is -0.150. The fourth-order valence-electron chi connectivity index (χ4n) is 1.88. The average molecular weight is 320 g/mol. The second-order valence-electron chi connectivity index (χ2n) is 4.00. The van der Waals surface area contributed by atoms with E-state index in [1.807, 2.05) is 5.82 Å². The van der Waals surface area contributed by atoms with Gasteiger partial charge in [-0.3, -0.25) is 0 Å². The molecule has 2 heterocycles. The van der Waals surface area contributed by atoms with Crippen LogP contribution in [0.2, 0.25) is 5.82 Å². The number of nitrogens with zero attached hydrogens (tertiary/aromatic N) is 2. The Bertz CT molecular complexity index is 493. The van der Waals surface area contributed by atoms with Crippen molar-refractivity contribution in [2.24, 2.45) is 0 Å². The van der Waals surface area contributed by atoms with E-state index in [1.54, 1.807) is 6.20 Å². The van der Waals surface area contributed by atoms with Gasteiger partial charge in [0, 0.05) is 0 Å². The van der Waals surface area contributed by atoms with Gasteiger partial charge in [0.25, 0.3) is 0 Å². The van der Waals surface area contributed by atoms with Crippen molar-refractivity contribution in [3.8, 4) is 0 Å². The molecule has 0 radical (unpaired) electrons. The number of hydrogen-bond acceptors (Lipinski definition) is 6. The summed E-state index contributed by atoms with van der Waals surface area (Å²) in [5.74, 6) is 2.21. The first-order valence-corrected chi connectivity index (χ1v) is 8.00. The minimum atomic E-state index is -0.778. The Hall–Kier alpha value is -0.921. The van der Waals surface area contributed by atoms with Crippen molar-refractivity contribution in [1.82, 2.24) is 9.55 Å². The van der Waals surface area contributed by atoms with Crippen molar-refractivity contribution in [2.75, 3.05) is 12.3 Å². The Balaban J connectivity index is 2.32. The zero-order valence-electron chi connectivity index (χ0n) is 9.81. The molecule has 7 nitrogen and oxygen atoms in total. The number of aliphatic hydroxyl groups excluding tert-OH is 2. The molecule has 0 amide bonds. The zero-order chi connectivity index (χ0) is 13.3. The Morgan fingerprint density at radius 3 is 3.00 bits per heavy atom. The van der Waals surface area contributed by atoms with Gasteiger partial charge in [0.15, 0.2) is 0 Å². The first-order chi connectivity index (χ1) is 8.56. The maximum atomic E-state index is 11.8. The molecule has 1 fully saturated rings. The molecule has 0 aliphatic carbocycles. The molecule has 0 saturated carbocycles. The molecule has 0 bridgehead atoms. The zero-order valence-corrected chi connectivity index (χ0v) is 11.5. The summed E-state index contributed by atoms with van der Waals surface area (Å²) < 4.78 is 7.56. The van der Waals surface area contributed by atoms with Crippen LogP contribution in [0.15, 0.2) is 11.0 Å². The van der Waals surface area contributed by atoms with Crippen LogP contribution in [0.4, 0.5) is 5.82 Å². The minimum absolute atomic E-state index is 0.111. The number of nitrogens with two attached hydrogens (primary N) is 1. The van der Waals surface area contributed by atoms with Crippen LogP contribution in [0, 0.1) is 0 Å². The van der Waals surface area contributed by atoms with Gasteiger partial charge in [0.1, 0.15) is 0 Å². The molecule has 8 heteroatoms. The van der Waals surface area contributed by atoms with Crippen molar-refractivity contribution in [3.05, 3.63) is 16.7 Å². The molecule has 0 aromatic carbocycles. The van der Waals surface area contributed by atoms with Crippen LogP contribution in [-0.2, 0) is 4.74 Å². The van der Waals surface area contributed by atoms with Crippen molar-refractivity contribution in [2.45, 2.75) is 30.7 Å². The first-order valence-electron chi connectivity index (χ1n) is 5.43. The standard InChI is InChI=1S/C10H15N3O4Se/c1-18-7-3-13(10(16)12-9(7)11)8-2-5(15)6(4-14)17-8/h3,5-6,8,14-15H,2,4H2,1H3,(H2,11,12,16)/t5-,6+,8+/m0/s1. The van der Waals surface area contributed by atoms with Crippen molar-refractivity contribution in [3.63, 3.8) is 0 Å². The molecular weight excluding hydrogens is 305 g/mol. The van der Waals surface area contributed by atoms with Gasteiger partial charge in [-0.1, -0.05) is 0 Å². The topological polar surface area (TPSA) is 111 Å². The molecule has 1 saturated heterocycles. The van der Waals surface area contributed by atoms with Crippen LogP contribution in [0.1, 0.15) is 12.6 Å². The molecule has 1 aliphatic heterocycles. The van der Waals surface area contributed by atoms with Gasteiger partial charge in [-0.25, -0.2) is 0 Å². The van der Waals surface area contributed by atoms with Crippen molar-refractivity contribution >= 4 is 25.2 Å². The number of anilines is 1. The number of aliphatic hydroxyl groups is 2. The number of rotatable bonds is 3. The van der Waals surface area contributed by atoms with Gasteiger partial charge >= 0.3 is 109 Å². The maximum absolute atomic E-state index is 11.8. The Kier molecular flexibility index (Phi) is 4.03. The van der Waals surface area contributed by atoms with Crippen molar-refractivity contribution < 1.29 is 14.9 Å². The van der Waals surface area contributed by atoms with Crippen LogP contribution >= 0.6 is 0 Å². The summed E-state index contributed by atoms with van der Waals surface area (Å²) in [6.45, 7) is -0.278. The van der Waals surface area contributed by atoms with Gasteiger partial charge in [-0.05, 0) is 0 Å². The summed E-state index contributed by atoms with van der Waals surface area (Å²) >= 11 is 0.111. The molecule has 0 unspecified atom stereocenters. The van der Waals surface area contributed by atoms with Gasteiger partial charge in [0.2, 0.25) is 0 Å². The molecule has 2 rings (SSSR count). The van der Waals surface area contributed by atoms with E-state index in [2.05, 4.69) is 4.98 Å².